The molecule has 5 rings (SSSR count). The van der Waals surface area contributed by atoms with Gasteiger partial charge in [-0.1, -0.05) is 67.1 Å². The van der Waals surface area contributed by atoms with Crippen molar-refractivity contribution >= 4 is 0 Å². The Balaban J connectivity index is 0.000000267. The molecular formula is C53H91FN4. The van der Waals surface area contributed by atoms with Crippen molar-refractivity contribution in [3.63, 3.8) is 0 Å². The van der Waals surface area contributed by atoms with Gasteiger partial charge < -0.3 is 0 Å². The number of hydrogen-bond donors (Lipinski definition) is 0. The standard InChI is InChI=1S/C14H23N.C13H22FN.2C13H23N/c1-13(2,3)5-4-10-15-11-8-14(6-7-14)9-12-15;1-12(2,3)6-5-9-15-10-7-13(4,14)8-11-15;1-12-6-10-14(11-7-12)9-5-8-13(2,3)4;1-13(2,3)9-8-12-14-10-6-4-5-7-11-14/h6-12H2,1-3H3;7-11H2,1-4H3;12H,6-7,9-11H2,1-4H3;4-7,10-12H2,1-3H3. The molecule has 1 saturated carbocycles. The third-order valence-electron chi connectivity index (χ3n) is 11.4. The van der Waals surface area contributed by atoms with Gasteiger partial charge in [0.25, 0.3) is 0 Å². The second-order valence-corrected chi connectivity index (χ2v) is 22.8. The summed E-state index contributed by atoms with van der Waals surface area (Å²) < 4.78 is 13.5. The summed E-state index contributed by atoms with van der Waals surface area (Å²) in [5, 5.41) is 0. The van der Waals surface area contributed by atoms with Crippen LogP contribution in [0.1, 0.15) is 174 Å². The summed E-state index contributed by atoms with van der Waals surface area (Å²) in [5.74, 6) is 27.1. The molecule has 1 spiro atoms. The first-order valence-electron chi connectivity index (χ1n) is 23.4. The molecule has 0 aromatic carbocycles. The maximum Gasteiger partial charge on any atom is 0.110 e. The van der Waals surface area contributed by atoms with Gasteiger partial charge in [-0.3, -0.25) is 19.6 Å². The van der Waals surface area contributed by atoms with E-state index >= 15 is 0 Å². The molecule has 58 heavy (non-hydrogen) atoms. The van der Waals surface area contributed by atoms with Gasteiger partial charge in [0.15, 0.2) is 0 Å². The van der Waals surface area contributed by atoms with Crippen molar-refractivity contribution in [3.8, 4) is 47.4 Å². The zero-order valence-corrected chi connectivity index (χ0v) is 40.7. The topological polar surface area (TPSA) is 13.0 Å². The Kier molecular flexibility index (Phi) is 22.0. The van der Waals surface area contributed by atoms with Crippen LogP contribution in [0.5, 0.6) is 0 Å². The highest BCUT2D eigenvalue weighted by atomic mass is 19.1. The summed E-state index contributed by atoms with van der Waals surface area (Å²) in [6.07, 6.45) is 15.3. The lowest BCUT2D eigenvalue weighted by atomic mass is 9.93. The zero-order chi connectivity index (χ0) is 43.5. The molecular weight excluding hydrogens is 712 g/mol. The number of alkyl halides is 1. The molecule has 0 bridgehead atoms. The van der Waals surface area contributed by atoms with Crippen molar-refractivity contribution in [2.75, 3.05) is 78.5 Å². The van der Waals surface area contributed by atoms with Gasteiger partial charge in [-0.25, -0.2) is 4.39 Å². The van der Waals surface area contributed by atoms with Crippen molar-refractivity contribution in [2.24, 2.45) is 33.0 Å². The van der Waals surface area contributed by atoms with E-state index in [9.17, 15) is 4.39 Å². The lowest BCUT2D eigenvalue weighted by Crippen LogP contribution is -2.40. The smallest absolute Gasteiger partial charge is 0.110 e. The molecule has 5 aliphatic rings. The molecule has 4 saturated heterocycles. The maximum absolute atomic E-state index is 13.5. The number of piperidine rings is 3. The van der Waals surface area contributed by atoms with Crippen LogP contribution in [0.3, 0.4) is 0 Å². The van der Waals surface area contributed by atoms with E-state index in [4.69, 9.17) is 0 Å². The number of rotatable bonds is 4. The molecule has 0 aromatic heterocycles. The molecule has 0 N–H and O–H groups in total. The van der Waals surface area contributed by atoms with Gasteiger partial charge in [-0.05, 0) is 205 Å². The van der Waals surface area contributed by atoms with Crippen LogP contribution in [-0.2, 0) is 0 Å². The van der Waals surface area contributed by atoms with Gasteiger partial charge >= 0.3 is 0 Å². The number of nitrogens with zero attached hydrogens (tertiary/aromatic N) is 4. The molecule has 0 aromatic rings. The molecule has 330 valence electrons. The van der Waals surface area contributed by atoms with Gasteiger partial charge in [0.05, 0.1) is 26.2 Å². The van der Waals surface area contributed by atoms with Crippen LogP contribution in [0, 0.1) is 80.4 Å². The summed E-state index contributed by atoms with van der Waals surface area (Å²) in [7, 11) is 0. The molecule has 1 aliphatic carbocycles. The van der Waals surface area contributed by atoms with Gasteiger partial charge in [0, 0.05) is 34.7 Å². The average Bonchev–Trinajstić information content (AvgIpc) is 3.90. The van der Waals surface area contributed by atoms with E-state index in [2.05, 4.69) is 157 Å². The molecule has 4 nitrogen and oxygen atoms in total. The Morgan fingerprint density at radius 3 is 1.03 bits per heavy atom. The summed E-state index contributed by atoms with van der Waals surface area (Å²) in [6, 6.07) is 0. The Hall–Kier alpha value is -1.99. The molecule has 5 fully saturated rings. The largest absolute Gasteiger partial charge is 0.292 e. The second kappa shape index (κ2) is 24.5. The summed E-state index contributed by atoms with van der Waals surface area (Å²) in [6.45, 7) is 42.8. The monoisotopic (exact) mass is 803 g/mol. The van der Waals surface area contributed by atoms with Crippen molar-refractivity contribution in [2.45, 2.75) is 180 Å². The molecule has 4 heterocycles. The molecule has 0 atom stereocenters. The van der Waals surface area contributed by atoms with Crippen LogP contribution >= 0.6 is 0 Å². The van der Waals surface area contributed by atoms with E-state index in [1.807, 2.05) is 0 Å². The normalized spacial score (nSPS) is 21.7. The van der Waals surface area contributed by atoms with Gasteiger partial charge in [-0.15, -0.1) is 0 Å². The van der Waals surface area contributed by atoms with E-state index in [0.29, 0.717) is 12.8 Å². The Morgan fingerprint density at radius 2 is 0.724 bits per heavy atom. The van der Waals surface area contributed by atoms with Crippen LogP contribution in [0.2, 0.25) is 0 Å². The minimum atomic E-state index is -0.950. The van der Waals surface area contributed by atoms with Crippen LogP contribution in [-0.4, -0.2) is 104 Å². The first kappa shape index (κ1) is 52.1. The number of hydrogen-bond acceptors (Lipinski definition) is 4. The van der Waals surface area contributed by atoms with Gasteiger partial charge in [0.2, 0.25) is 0 Å². The Labute approximate surface area is 361 Å². The van der Waals surface area contributed by atoms with Crippen molar-refractivity contribution in [3.05, 3.63) is 0 Å². The number of likely N-dealkylation sites (tertiary alicyclic amines) is 4. The summed E-state index contributed by atoms with van der Waals surface area (Å²) in [5.41, 5.74) is 0.398. The maximum atomic E-state index is 13.5. The van der Waals surface area contributed by atoms with Crippen molar-refractivity contribution in [1.29, 1.82) is 0 Å². The Bertz CT molecular complexity index is 1350. The fourth-order valence-electron chi connectivity index (χ4n) is 7.22. The second-order valence-electron chi connectivity index (χ2n) is 22.8. The average molecular weight is 803 g/mol. The first-order chi connectivity index (χ1) is 26.8. The SMILES string of the molecule is CC(C)(C)C#CCN1CCC(C)(F)CC1.CC(C)(C)C#CCN1CCC2(CC1)CC2.CC(C)(C)C#CCN1CCCCCC1.CC1CCN(CC#CC(C)(C)C)CC1. The van der Waals surface area contributed by atoms with Crippen molar-refractivity contribution < 1.29 is 4.39 Å². The lowest BCUT2D eigenvalue weighted by molar-refractivity contribution is 0.0810. The predicted octanol–water partition coefficient (Wildman–Crippen LogP) is 11.5. The lowest BCUT2D eigenvalue weighted by Gasteiger charge is -2.32. The van der Waals surface area contributed by atoms with Crippen LogP contribution in [0.25, 0.3) is 0 Å². The van der Waals surface area contributed by atoms with E-state index in [1.165, 1.54) is 103 Å². The Morgan fingerprint density at radius 1 is 0.431 bits per heavy atom. The quantitative estimate of drug-likeness (QED) is 0.263. The zero-order valence-electron chi connectivity index (χ0n) is 40.7. The molecule has 0 radical (unpaired) electrons. The summed E-state index contributed by atoms with van der Waals surface area (Å²) >= 11 is 0. The molecule has 0 unspecified atom stereocenters. The van der Waals surface area contributed by atoms with E-state index in [-0.39, 0.29) is 21.7 Å². The van der Waals surface area contributed by atoms with Crippen LogP contribution in [0.15, 0.2) is 0 Å². The summed E-state index contributed by atoms with van der Waals surface area (Å²) in [4.78, 5) is 9.72. The van der Waals surface area contributed by atoms with Gasteiger partial charge in [-0.2, -0.15) is 0 Å². The minimum Gasteiger partial charge on any atom is -0.292 e. The molecule has 5 heteroatoms. The minimum absolute atomic E-state index is 0.0738. The predicted molar refractivity (Wildman–Crippen MR) is 251 cm³/mol. The van der Waals surface area contributed by atoms with Crippen molar-refractivity contribution in [1.82, 2.24) is 19.6 Å². The fraction of sp³-hybridized carbons (Fsp3) is 0.849. The van der Waals surface area contributed by atoms with Crippen LogP contribution < -0.4 is 0 Å². The fourth-order valence-corrected chi connectivity index (χ4v) is 7.22. The van der Waals surface area contributed by atoms with E-state index < -0.39 is 5.67 Å². The van der Waals surface area contributed by atoms with Crippen LogP contribution in [0.4, 0.5) is 4.39 Å². The highest BCUT2D eigenvalue weighted by Gasteiger charge is 2.44. The van der Waals surface area contributed by atoms with E-state index in [0.717, 1.165) is 50.6 Å². The molecule has 0 amide bonds. The van der Waals surface area contributed by atoms with Gasteiger partial charge in [0.1, 0.15) is 5.67 Å². The molecule has 4 aliphatic heterocycles. The van der Waals surface area contributed by atoms with E-state index in [1.54, 1.807) is 6.92 Å². The third kappa shape index (κ3) is 27.7. The highest BCUT2D eigenvalue weighted by molar-refractivity contribution is 5.11. The number of halogens is 1. The first-order valence-corrected chi connectivity index (χ1v) is 23.4. The third-order valence-corrected chi connectivity index (χ3v) is 11.4. The highest BCUT2D eigenvalue weighted by Crippen LogP contribution is 2.53.